The lowest BCUT2D eigenvalue weighted by Gasteiger charge is -2.38. The summed E-state index contributed by atoms with van der Waals surface area (Å²) in [6.07, 6.45) is 14.2. The van der Waals surface area contributed by atoms with Gasteiger partial charge in [-0.25, -0.2) is 0 Å². The highest BCUT2D eigenvalue weighted by Crippen LogP contribution is 2.58. The third-order valence-corrected chi connectivity index (χ3v) is 18.5. The Morgan fingerprint density at radius 3 is 1.39 bits per heavy atom. The van der Waals surface area contributed by atoms with E-state index in [4.69, 9.17) is 9.98 Å². The second-order valence-corrected chi connectivity index (χ2v) is 23.9. The fourth-order valence-electron chi connectivity index (χ4n) is 11.5. The summed E-state index contributed by atoms with van der Waals surface area (Å²) in [6.45, 7) is 14.0. The van der Waals surface area contributed by atoms with Crippen molar-refractivity contribution in [1.29, 1.82) is 0 Å². The van der Waals surface area contributed by atoms with Crippen molar-refractivity contribution in [2.24, 2.45) is 9.98 Å². The first-order valence-electron chi connectivity index (χ1n) is 23.7. The minimum atomic E-state index is -2.66. The van der Waals surface area contributed by atoms with Gasteiger partial charge in [0.05, 0.1) is 29.8 Å². The standard InChI is InChI=1S/C62H57N3Si/c1-39-17-25-45(26-18-39)55-49-33-34-50(63-49)56(46-27-19-40(2)20-28-46)52-36-38-54(65-52)58(48-31-23-42(4)24-32-48)62-60(44-15-11-8-12-16-44)59(43-13-9-7-10-14-43)61(66(62,5)6)57(53-37-35-51(55)64-53)47-29-21-41(3)22-30-47/h7-38,49,53-55,57-58,65H,1-6H3/b56-52-/t49?,53?,54?,55-,57+,58-/m1/s1. The highest BCUT2D eigenvalue weighted by Gasteiger charge is 2.51. The molecule has 0 aliphatic carbocycles. The molecule has 0 saturated carbocycles. The van der Waals surface area contributed by atoms with Crippen molar-refractivity contribution < 1.29 is 0 Å². The smallest absolute Gasteiger partial charge is 0.106 e. The Kier molecular flexibility index (Phi) is 10.7. The summed E-state index contributed by atoms with van der Waals surface area (Å²) in [5.41, 5.74) is 19.6. The molecule has 3 nitrogen and oxygen atoms in total. The predicted molar refractivity (Wildman–Crippen MR) is 281 cm³/mol. The number of hydrogen-bond acceptors (Lipinski definition) is 3. The first-order chi connectivity index (χ1) is 32.1. The van der Waals surface area contributed by atoms with Crippen LogP contribution in [0.25, 0.3) is 16.7 Å². The number of rotatable bonds is 6. The molecule has 0 amide bonds. The van der Waals surface area contributed by atoms with Crippen molar-refractivity contribution >= 4 is 36.2 Å². The van der Waals surface area contributed by atoms with Gasteiger partial charge in [-0.1, -0.05) is 222 Å². The van der Waals surface area contributed by atoms with E-state index in [0.29, 0.717) is 0 Å². The lowest BCUT2D eigenvalue weighted by molar-refractivity contribution is 0.631. The Morgan fingerprint density at radius 1 is 0.409 bits per heavy atom. The van der Waals surface area contributed by atoms with Crippen LogP contribution in [0.2, 0.25) is 13.1 Å². The molecule has 0 saturated heterocycles. The number of aliphatic imine (C=N–C) groups is 2. The number of fused-ring (bicyclic) bond motifs is 6. The summed E-state index contributed by atoms with van der Waals surface area (Å²) in [5.74, 6) is -0.0464. The van der Waals surface area contributed by atoms with Crippen LogP contribution in [0.4, 0.5) is 0 Å². The molecule has 5 aliphatic rings. The molecule has 4 heteroatoms. The zero-order valence-electron chi connectivity index (χ0n) is 38.8. The van der Waals surface area contributed by atoms with Gasteiger partial charge in [0.25, 0.3) is 0 Å². The van der Waals surface area contributed by atoms with E-state index in [1.165, 1.54) is 61.2 Å². The fourth-order valence-corrected chi connectivity index (χ4v) is 15.8. The zero-order chi connectivity index (χ0) is 45.1. The first kappa shape index (κ1) is 41.8. The van der Waals surface area contributed by atoms with Crippen LogP contribution in [0.15, 0.2) is 220 Å². The van der Waals surface area contributed by atoms with Gasteiger partial charge in [-0.15, -0.1) is 0 Å². The molecule has 5 aliphatic heterocycles. The molecule has 11 rings (SSSR count). The molecule has 1 N–H and O–H groups in total. The second kappa shape index (κ2) is 16.8. The zero-order valence-corrected chi connectivity index (χ0v) is 39.8. The van der Waals surface area contributed by atoms with Crippen LogP contribution in [0.3, 0.4) is 0 Å². The summed E-state index contributed by atoms with van der Waals surface area (Å²) >= 11 is 0. The van der Waals surface area contributed by atoms with Crippen LogP contribution < -0.4 is 5.32 Å². The van der Waals surface area contributed by atoms with Gasteiger partial charge in [0, 0.05) is 28.8 Å². The van der Waals surface area contributed by atoms with E-state index in [2.05, 4.69) is 240 Å². The summed E-state index contributed by atoms with van der Waals surface area (Å²) < 4.78 is 0. The van der Waals surface area contributed by atoms with Crippen LogP contribution in [0, 0.1) is 27.7 Å². The van der Waals surface area contributed by atoms with Gasteiger partial charge in [-0.3, -0.25) is 9.98 Å². The van der Waals surface area contributed by atoms with Crippen molar-refractivity contribution in [2.45, 2.75) is 76.7 Å². The maximum Gasteiger partial charge on any atom is 0.106 e. The average molecular weight is 872 g/mol. The Hall–Kier alpha value is -6.88. The van der Waals surface area contributed by atoms with Crippen LogP contribution in [0.1, 0.15) is 73.4 Å². The van der Waals surface area contributed by atoms with E-state index in [0.717, 1.165) is 28.3 Å². The molecule has 0 radical (unpaired) electrons. The molecule has 6 atom stereocenters. The summed E-state index contributed by atoms with van der Waals surface area (Å²) in [7, 11) is -2.66. The Morgan fingerprint density at radius 2 is 0.848 bits per heavy atom. The molecule has 6 aromatic carbocycles. The highest BCUT2D eigenvalue weighted by atomic mass is 28.3. The van der Waals surface area contributed by atoms with Gasteiger partial charge >= 0.3 is 0 Å². The summed E-state index contributed by atoms with van der Waals surface area (Å²) in [6, 6.07) is 59.1. The minimum absolute atomic E-state index is 0.00784. The Balaban J connectivity index is 1.25. The lowest BCUT2D eigenvalue weighted by Crippen LogP contribution is -2.42. The molecule has 0 aromatic heterocycles. The van der Waals surface area contributed by atoms with Gasteiger partial charge in [0.2, 0.25) is 0 Å². The van der Waals surface area contributed by atoms with Crippen molar-refractivity contribution in [3.63, 3.8) is 0 Å². The number of allylic oxidation sites excluding steroid dienone is 6. The van der Waals surface area contributed by atoms with Crippen LogP contribution in [-0.4, -0.2) is 37.6 Å². The van der Waals surface area contributed by atoms with E-state index < -0.39 is 8.07 Å². The average Bonchev–Trinajstić information content (AvgIpc) is 4.16. The number of hydrogen-bond donors (Lipinski definition) is 1. The maximum atomic E-state index is 5.95. The first-order valence-corrected chi connectivity index (χ1v) is 26.7. The Bertz CT molecular complexity index is 3090. The third kappa shape index (κ3) is 7.38. The van der Waals surface area contributed by atoms with E-state index >= 15 is 0 Å². The predicted octanol–water partition coefficient (Wildman–Crippen LogP) is 14.0. The number of nitrogens with one attached hydrogen (secondary N) is 1. The van der Waals surface area contributed by atoms with E-state index in [1.807, 2.05) is 0 Å². The third-order valence-electron chi connectivity index (χ3n) is 14.7. The topological polar surface area (TPSA) is 36.8 Å². The SMILES string of the molecule is Cc1ccc(/C2=C3\C=CC(N3)[C@@H](c3ccc(C)cc3)C3=C(c4ccccc4)C(c4ccccc4)=C([C@@H](c4ccc(C)cc4)C4C=CC(=N4)[C@H](c4ccc(C)cc4)C4C=CC2=N4)[Si]3(C)C)cc1. The number of benzene rings is 6. The molecule has 324 valence electrons. The van der Waals surface area contributed by atoms with Crippen LogP contribution in [-0.2, 0) is 0 Å². The molecule has 8 bridgehead atoms. The molecule has 0 fully saturated rings. The van der Waals surface area contributed by atoms with E-state index in [9.17, 15) is 0 Å². The monoisotopic (exact) mass is 871 g/mol. The largest absolute Gasteiger partial charge is 0.377 e. The normalized spacial score (nSPS) is 25.1. The molecule has 6 aromatic rings. The summed E-state index contributed by atoms with van der Waals surface area (Å²) in [4.78, 5) is 11.7. The van der Waals surface area contributed by atoms with E-state index in [-0.39, 0.29) is 35.9 Å². The molecule has 5 heterocycles. The van der Waals surface area contributed by atoms with Crippen LogP contribution >= 0.6 is 0 Å². The molecule has 3 unspecified atom stereocenters. The van der Waals surface area contributed by atoms with Gasteiger partial charge in [-0.05, 0) is 90.4 Å². The molecule has 66 heavy (non-hydrogen) atoms. The lowest BCUT2D eigenvalue weighted by atomic mass is 9.81. The maximum absolute atomic E-state index is 5.95. The minimum Gasteiger partial charge on any atom is -0.377 e. The number of aryl methyl sites for hydroxylation is 4. The highest BCUT2D eigenvalue weighted by molar-refractivity contribution is 6.95. The fraction of sp³-hybridized carbons (Fsp3) is 0.194. The van der Waals surface area contributed by atoms with Crippen molar-refractivity contribution in [3.8, 4) is 0 Å². The van der Waals surface area contributed by atoms with Gasteiger partial charge in [-0.2, -0.15) is 0 Å². The van der Waals surface area contributed by atoms with Crippen molar-refractivity contribution in [1.82, 2.24) is 5.32 Å². The Labute approximate surface area is 392 Å². The number of nitrogens with zero attached hydrogens (tertiary/aromatic N) is 2. The van der Waals surface area contributed by atoms with E-state index in [1.54, 1.807) is 10.4 Å². The summed E-state index contributed by atoms with van der Waals surface area (Å²) in [5, 5.41) is 7.34. The van der Waals surface area contributed by atoms with Crippen LogP contribution in [0.5, 0.6) is 0 Å². The second-order valence-electron chi connectivity index (χ2n) is 19.6. The quantitative estimate of drug-likeness (QED) is 0.166. The van der Waals surface area contributed by atoms with Gasteiger partial charge in [0.1, 0.15) is 8.07 Å². The van der Waals surface area contributed by atoms with Crippen molar-refractivity contribution in [2.75, 3.05) is 0 Å². The van der Waals surface area contributed by atoms with Crippen molar-refractivity contribution in [3.05, 3.63) is 266 Å². The molecule has 0 spiro atoms. The molecular weight excluding hydrogens is 815 g/mol. The van der Waals surface area contributed by atoms with Gasteiger partial charge in [0.15, 0.2) is 0 Å². The van der Waals surface area contributed by atoms with Gasteiger partial charge < -0.3 is 5.32 Å². The molecular formula is C62H57N3Si.